The summed E-state index contributed by atoms with van der Waals surface area (Å²) in [7, 11) is 5.52. The summed E-state index contributed by atoms with van der Waals surface area (Å²) in [5, 5.41) is 9.63. The Hall–Kier alpha value is -2.45. The van der Waals surface area contributed by atoms with Gasteiger partial charge in [0.25, 0.3) is 0 Å². The van der Waals surface area contributed by atoms with E-state index in [4.69, 9.17) is 14.2 Å². The number of nitrogens with zero attached hydrogens (tertiary/aromatic N) is 1. The van der Waals surface area contributed by atoms with Crippen molar-refractivity contribution in [3.63, 3.8) is 0 Å². The van der Waals surface area contributed by atoms with Crippen LogP contribution in [-0.4, -0.2) is 80.6 Å². The highest BCUT2D eigenvalue weighted by molar-refractivity contribution is 5.72. The van der Waals surface area contributed by atoms with E-state index in [1.165, 1.54) is 116 Å². The van der Waals surface area contributed by atoms with Crippen LogP contribution in [0.15, 0.2) is 36.5 Å². The summed E-state index contributed by atoms with van der Waals surface area (Å²) in [4.78, 5) is 37.0. The Labute approximate surface area is 357 Å². The molecular formula is C50H92NO7+. The average molecular weight is 819 g/mol. The summed E-state index contributed by atoms with van der Waals surface area (Å²) in [6, 6.07) is -0.620. The molecule has 0 aromatic carbocycles. The molecule has 0 fully saturated rings. The summed E-state index contributed by atoms with van der Waals surface area (Å²) in [5.41, 5.74) is 0. The summed E-state index contributed by atoms with van der Waals surface area (Å²) >= 11 is 0. The van der Waals surface area contributed by atoms with E-state index in [1.807, 2.05) is 21.1 Å². The predicted octanol–water partition coefficient (Wildman–Crippen LogP) is 13.4. The van der Waals surface area contributed by atoms with E-state index < -0.39 is 18.1 Å². The lowest BCUT2D eigenvalue weighted by Gasteiger charge is -2.31. The number of quaternary nitrogens is 1. The van der Waals surface area contributed by atoms with Crippen LogP contribution in [0.3, 0.4) is 0 Å². The molecule has 0 amide bonds. The van der Waals surface area contributed by atoms with Crippen LogP contribution in [0.1, 0.15) is 213 Å². The number of carbonyl (C=O) groups excluding carboxylic acids is 2. The van der Waals surface area contributed by atoms with Gasteiger partial charge in [-0.25, -0.2) is 4.79 Å². The van der Waals surface area contributed by atoms with E-state index in [9.17, 15) is 19.5 Å². The first-order valence-corrected chi connectivity index (χ1v) is 24.0. The van der Waals surface area contributed by atoms with E-state index in [-0.39, 0.29) is 36.2 Å². The Bertz CT molecular complexity index is 1050. The van der Waals surface area contributed by atoms with Gasteiger partial charge in [-0.1, -0.05) is 166 Å². The van der Waals surface area contributed by atoms with Gasteiger partial charge in [0.2, 0.25) is 0 Å². The number of hydrogen-bond donors (Lipinski definition) is 1. The van der Waals surface area contributed by atoms with Crippen LogP contribution >= 0.6 is 0 Å². The third-order valence-electron chi connectivity index (χ3n) is 10.8. The van der Waals surface area contributed by atoms with Gasteiger partial charge in [0.15, 0.2) is 12.1 Å². The minimum absolute atomic E-state index is 0.0490. The van der Waals surface area contributed by atoms with Gasteiger partial charge in [0.05, 0.1) is 34.4 Å². The second-order valence-electron chi connectivity index (χ2n) is 17.4. The Morgan fingerprint density at radius 1 is 0.517 bits per heavy atom. The van der Waals surface area contributed by atoms with Crippen molar-refractivity contribution in [2.24, 2.45) is 0 Å². The van der Waals surface area contributed by atoms with Crippen LogP contribution in [0.25, 0.3) is 0 Å². The first-order valence-electron chi connectivity index (χ1n) is 24.0. The molecule has 338 valence electrons. The van der Waals surface area contributed by atoms with Crippen LogP contribution in [0.4, 0.5) is 0 Å². The fourth-order valence-electron chi connectivity index (χ4n) is 7.02. The van der Waals surface area contributed by atoms with E-state index >= 15 is 0 Å². The molecule has 0 rings (SSSR count). The van der Waals surface area contributed by atoms with Crippen LogP contribution in [0.5, 0.6) is 0 Å². The molecule has 0 saturated carbocycles. The number of carbonyl (C=O) groups is 3. The Kier molecular flexibility index (Phi) is 39.5. The van der Waals surface area contributed by atoms with Crippen molar-refractivity contribution in [1.29, 1.82) is 0 Å². The van der Waals surface area contributed by atoms with E-state index in [2.05, 4.69) is 50.3 Å². The molecule has 0 spiro atoms. The maximum atomic E-state index is 12.7. The maximum absolute atomic E-state index is 12.7. The van der Waals surface area contributed by atoms with Crippen LogP contribution in [0.2, 0.25) is 0 Å². The summed E-state index contributed by atoms with van der Waals surface area (Å²) in [6.45, 7) is 4.71. The highest BCUT2D eigenvalue weighted by atomic mass is 16.6. The van der Waals surface area contributed by atoms with Crippen LogP contribution < -0.4 is 0 Å². The van der Waals surface area contributed by atoms with Crippen LogP contribution in [0, 0.1) is 0 Å². The SMILES string of the molecule is CCCCCCCCC/C=C/C=C/CCCCCC(=O)OC(COCCC(C(=O)O)[N+](C)(C)C)COC(=O)CCCCCCC/C=C/CCCCCCCCCCC. The second kappa shape index (κ2) is 41.3. The molecular weight excluding hydrogens is 727 g/mol. The van der Waals surface area contributed by atoms with Gasteiger partial charge in [0.1, 0.15) is 6.61 Å². The molecule has 0 aromatic heterocycles. The molecule has 0 radical (unpaired) electrons. The lowest BCUT2D eigenvalue weighted by molar-refractivity contribution is -0.887. The number of likely N-dealkylation sites (N-methyl/N-ethyl adjacent to an activating group) is 1. The molecule has 0 aromatic rings. The third kappa shape index (κ3) is 39.0. The number of ether oxygens (including phenoxy) is 3. The van der Waals surface area contributed by atoms with Gasteiger partial charge in [-0.3, -0.25) is 9.59 Å². The van der Waals surface area contributed by atoms with Gasteiger partial charge in [-0.05, 0) is 64.2 Å². The lowest BCUT2D eigenvalue weighted by Crippen LogP contribution is -2.50. The van der Waals surface area contributed by atoms with Crippen molar-refractivity contribution < 1.29 is 38.2 Å². The van der Waals surface area contributed by atoms with Crippen molar-refractivity contribution in [1.82, 2.24) is 0 Å². The minimum Gasteiger partial charge on any atom is -0.477 e. The van der Waals surface area contributed by atoms with E-state index in [0.29, 0.717) is 19.3 Å². The van der Waals surface area contributed by atoms with Gasteiger partial charge in [0, 0.05) is 19.3 Å². The Morgan fingerprint density at radius 3 is 1.36 bits per heavy atom. The average Bonchev–Trinajstić information content (AvgIpc) is 3.18. The standard InChI is InChI=1S/C50H91NO7/c1-6-8-10-12-14-16-18-20-22-24-25-27-28-30-32-34-36-38-40-48(52)57-45-46(44-56-43-42-47(50(54)55)51(3,4)5)58-49(53)41-39-37-35-33-31-29-26-23-21-19-17-15-13-11-9-7-2/h23,25-27,29,31,46-47H,6-22,24,28,30,32-45H2,1-5H3/p+1/b26-23+,27-25+,31-29+. The molecule has 0 saturated heterocycles. The number of rotatable bonds is 43. The number of aliphatic carboxylic acids is 1. The monoisotopic (exact) mass is 819 g/mol. The zero-order valence-corrected chi connectivity index (χ0v) is 38.5. The first-order chi connectivity index (χ1) is 28.1. The van der Waals surface area contributed by atoms with Gasteiger partial charge < -0.3 is 23.8 Å². The largest absolute Gasteiger partial charge is 0.477 e. The van der Waals surface area contributed by atoms with Crippen molar-refractivity contribution >= 4 is 17.9 Å². The minimum atomic E-state index is -0.879. The molecule has 58 heavy (non-hydrogen) atoms. The molecule has 8 nitrogen and oxygen atoms in total. The molecule has 0 aliphatic heterocycles. The normalized spacial score (nSPS) is 13.2. The number of esters is 2. The van der Waals surface area contributed by atoms with Crippen molar-refractivity contribution in [2.75, 3.05) is 41.0 Å². The molecule has 0 bridgehead atoms. The molecule has 1 N–H and O–H groups in total. The number of carboxylic acid groups (broad SMARTS) is 1. The van der Waals surface area contributed by atoms with E-state index in [0.717, 1.165) is 64.2 Å². The second-order valence-corrected chi connectivity index (χ2v) is 17.4. The molecule has 0 aliphatic rings. The smallest absolute Gasteiger partial charge is 0.362 e. The van der Waals surface area contributed by atoms with Crippen LogP contribution in [-0.2, 0) is 28.6 Å². The highest BCUT2D eigenvalue weighted by Crippen LogP contribution is 2.14. The molecule has 2 unspecified atom stereocenters. The van der Waals surface area contributed by atoms with Crippen molar-refractivity contribution in [2.45, 2.75) is 225 Å². The topological polar surface area (TPSA) is 99.1 Å². The van der Waals surface area contributed by atoms with Gasteiger partial charge in [-0.2, -0.15) is 0 Å². The number of allylic oxidation sites excluding steroid dienone is 6. The fourth-order valence-corrected chi connectivity index (χ4v) is 7.02. The molecule has 0 aliphatic carbocycles. The Morgan fingerprint density at radius 2 is 0.914 bits per heavy atom. The molecule has 8 heteroatoms. The van der Waals surface area contributed by atoms with Crippen molar-refractivity contribution in [3.05, 3.63) is 36.5 Å². The summed E-state index contributed by atoms with van der Waals surface area (Å²) in [5.74, 6) is -1.51. The highest BCUT2D eigenvalue weighted by Gasteiger charge is 2.31. The summed E-state index contributed by atoms with van der Waals surface area (Å²) < 4.78 is 17.3. The lowest BCUT2D eigenvalue weighted by atomic mass is 10.1. The molecule has 0 heterocycles. The maximum Gasteiger partial charge on any atom is 0.362 e. The van der Waals surface area contributed by atoms with Gasteiger partial charge >= 0.3 is 17.9 Å². The first kappa shape index (κ1) is 55.5. The number of unbranched alkanes of at least 4 members (excludes halogenated alkanes) is 24. The fraction of sp³-hybridized carbons (Fsp3) is 0.820. The zero-order chi connectivity index (χ0) is 42.8. The quantitative estimate of drug-likeness (QED) is 0.0215. The number of carboxylic acids is 1. The van der Waals surface area contributed by atoms with E-state index in [1.54, 1.807) is 0 Å². The molecule has 2 atom stereocenters. The van der Waals surface area contributed by atoms with Crippen molar-refractivity contribution in [3.8, 4) is 0 Å². The zero-order valence-electron chi connectivity index (χ0n) is 38.5. The third-order valence-corrected chi connectivity index (χ3v) is 10.8. The predicted molar refractivity (Wildman–Crippen MR) is 243 cm³/mol. The summed E-state index contributed by atoms with van der Waals surface area (Å²) in [6.07, 6.45) is 47.6. The van der Waals surface area contributed by atoms with Gasteiger partial charge in [-0.15, -0.1) is 0 Å². The number of hydrogen-bond acceptors (Lipinski definition) is 6. The Balaban J connectivity index is 4.34.